The molecule has 1 aliphatic carbocycles. The summed E-state index contributed by atoms with van der Waals surface area (Å²) in [6, 6.07) is 13.4. The van der Waals surface area contributed by atoms with E-state index in [0.29, 0.717) is 5.56 Å². The van der Waals surface area contributed by atoms with Gasteiger partial charge in [-0.05, 0) is 55.2 Å². The van der Waals surface area contributed by atoms with Gasteiger partial charge >= 0.3 is 0 Å². The molecule has 1 fully saturated rings. The van der Waals surface area contributed by atoms with Gasteiger partial charge in [0.15, 0.2) is 0 Å². The standard InChI is InChI=1S/C23H27N3O2/c1-25(2)20-9-5-8-18(14-20)22(27)24-19-11-10-16-12-13-26(21(16)15-19)23(28)17-6-3-4-7-17/h5,8-11,14-15,17H,3-4,6-7,12-13H2,1-2H3,(H,24,27). The summed E-state index contributed by atoms with van der Waals surface area (Å²) < 4.78 is 0. The van der Waals surface area contributed by atoms with Gasteiger partial charge in [0.25, 0.3) is 5.91 Å². The predicted molar refractivity (Wildman–Crippen MR) is 113 cm³/mol. The number of carbonyl (C=O) groups excluding carboxylic acids is 2. The van der Waals surface area contributed by atoms with Crippen molar-refractivity contribution in [1.82, 2.24) is 0 Å². The van der Waals surface area contributed by atoms with Crippen LogP contribution in [0.2, 0.25) is 0 Å². The lowest BCUT2D eigenvalue weighted by Crippen LogP contribution is -2.33. The number of hydrogen-bond donors (Lipinski definition) is 1. The molecular formula is C23H27N3O2. The molecule has 0 aromatic heterocycles. The first-order valence-electron chi connectivity index (χ1n) is 10.1. The van der Waals surface area contributed by atoms with Crippen LogP contribution in [-0.2, 0) is 11.2 Å². The van der Waals surface area contributed by atoms with Gasteiger partial charge in [0.2, 0.25) is 5.91 Å². The van der Waals surface area contributed by atoms with E-state index in [1.54, 1.807) is 0 Å². The van der Waals surface area contributed by atoms with E-state index < -0.39 is 0 Å². The number of anilines is 3. The van der Waals surface area contributed by atoms with Crippen molar-refractivity contribution in [2.75, 3.05) is 35.8 Å². The SMILES string of the molecule is CN(C)c1cccc(C(=O)Nc2ccc3c(c2)N(C(=O)C2CCCC2)CC3)c1. The maximum Gasteiger partial charge on any atom is 0.255 e. The first-order chi connectivity index (χ1) is 13.5. The molecule has 1 aliphatic heterocycles. The molecule has 0 spiro atoms. The van der Waals surface area contributed by atoms with Crippen molar-refractivity contribution in [2.45, 2.75) is 32.1 Å². The topological polar surface area (TPSA) is 52.7 Å². The van der Waals surface area contributed by atoms with Crippen LogP contribution in [0.15, 0.2) is 42.5 Å². The summed E-state index contributed by atoms with van der Waals surface area (Å²) in [5.74, 6) is 0.270. The highest BCUT2D eigenvalue weighted by atomic mass is 16.2. The summed E-state index contributed by atoms with van der Waals surface area (Å²) in [7, 11) is 3.90. The fourth-order valence-electron chi connectivity index (χ4n) is 4.21. The molecule has 0 saturated heterocycles. The van der Waals surface area contributed by atoms with E-state index in [1.165, 1.54) is 5.56 Å². The number of benzene rings is 2. The van der Waals surface area contributed by atoms with Crippen molar-refractivity contribution in [2.24, 2.45) is 5.92 Å². The zero-order chi connectivity index (χ0) is 19.7. The molecule has 4 rings (SSSR count). The molecule has 1 heterocycles. The largest absolute Gasteiger partial charge is 0.378 e. The number of fused-ring (bicyclic) bond motifs is 1. The maximum absolute atomic E-state index is 12.9. The Hall–Kier alpha value is -2.82. The molecule has 2 aromatic carbocycles. The van der Waals surface area contributed by atoms with Gasteiger partial charge in [-0.2, -0.15) is 0 Å². The molecule has 2 aliphatic rings. The first-order valence-corrected chi connectivity index (χ1v) is 10.1. The summed E-state index contributed by atoms with van der Waals surface area (Å²) in [5.41, 5.74) is 4.46. The van der Waals surface area contributed by atoms with Crippen LogP contribution in [-0.4, -0.2) is 32.5 Å². The quantitative estimate of drug-likeness (QED) is 0.873. The van der Waals surface area contributed by atoms with Gasteiger partial charge in [0.05, 0.1) is 0 Å². The zero-order valence-electron chi connectivity index (χ0n) is 16.6. The highest BCUT2D eigenvalue weighted by Gasteiger charge is 2.32. The molecule has 0 bridgehead atoms. The lowest BCUT2D eigenvalue weighted by Gasteiger charge is -2.21. The van der Waals surface area contributed by atoms with Crippen LogP contribution in [0.5, 0.6) is 0 Å². The monoisotopic (exact) mass is 377 g/mol. The minimum Gasteiger partial charge on any atom is -0.378 e. The number of amides is 2. The first kappa shape index (κ1) is 18.5. The van der Waals surface area contributed by atoms with E-state index in [4.69, 9.17) is 0 Å². The Kier molecular flexibility index (Phi) is 5.07. The minimum absolute atomic E-state index is 0.143. The van der Waals surface area contributed by atoms with E-state index in [9.17, 15) is 9.59 Å². The van der Waals surface area contributed by atoms with Crippen molar-refractivity contribution in [1.29, 1.82) is 0 Å². The summed E-state index contributed by atoms with van der Waals surface area (Å²) in [5, 5.41) is 2.99. The number of rotatable bonds is 4. The van der Waals surface area contributed by atoms with Crippen LogP contribution in [0, 0.1) is 5.92 Å². The van der Waals surface area contributed by atoms with E-state index in [-0.39, 0.29) is 17.7 Å². The molecule has 5 heteroatoms. The molecule has 1 N–H and O–H groups in total. The highest BCUT2D eigenvalue weighted by molar-refractivity contribution is 6.05. The van der Waals surface area contributed by atoms with Crippen LogP contribution in [0.4, 0.5) is 17.1 Å². The van der Waals surface area contributed by atoms with E-state index in [2.05, 4.69) is 5.32 Å². The third-order valence-electron chi connectivity index (χ3n) is 5.83. The number of carbonyl (C=O) groups is 2. The van der Waals surface area contributed by atoms with Crippen molar-refractivity contribution < 1.29 is 9.59 Å². The molecule has 2 aromatic rings. The molecular weight excluding hydrogens is 350 g/mol. The summed E-state index contributed by atoms with van der Waals surface area (Å²) in [6.45, 7) is 0.743. The normalized spacial score (nSPS) is 16.1. The molecule has 5 nitrogen and oxygen atoms in total. The van der Waals surface area contributed by atoms with Crippen LogP contribution in [0.1, 0.15) is 41.6 Å². The van der Waals surface area contributed by atoms with Gasteiger partial charge in [-0.25, -0.2) is 0 Å². The minimum atomic E-state index is -0.143. The average molecular weight is 377 g/mol. The average Bonchev–Trinajstić information content (AvgIpc) is 3.37. The lowest BCUT2D eigenvalue weighted by molar-refractivity contribution is -0.122. The number of nitrogens with zero attached hydrogens (tertiary/aromatic N) is 2. The second-order valence-corrected chi connectivity index (χ2v) is 7.96. The van der Waals surface area contributed by atoms with Gasteiger partial charge in [0.1, 0.15) is 0 Å². The Morgan fingerprint density at radius 3 is 2.61 bits per heavy atom. The van der Waals surface area contributed by atoms with Crippen molar-refractivity contribution in [3.63, 3.8) is 0 Å². The van der Waals surface area contributed by atoms with Crippen molar-refractivity contribution >= 4 is 28.9 Å². The van der Waals surface area contributed by atoms with Crippen LogP contribution < -0.4 is 15.1 Å². The number of nitrogens with one attached hydrogen (secondary N) is 1. The van der Waals surface area contributed by atoms with Gasteiger partial charge in [0, 0.05) is 49.2 Å². The van der Waals surface area contributed by atoms with Gasteiger partial charge in [-0.1, -0.05) is 25.0 Å². The summed E-state index contributed by atoms with van der Waals surface area (Å²) >= 11 is 0. The van der Waals surface area contributed by atoms with E-state index in [1.807, 2.05) is 66.4 Å². The van der Waals surface area contributed by atoms with Crippen molar-refractivity contribution in [3.05, 3.63) is 53.6 Å². The Morgan fingerprint density at radius 1 is 1.07 bits per heavy atom. The fraction of sp³-hybridized carbons (Fsp3) is 0.391. The van der Waals surface area contributed by atoms with Crippen LogP contribution >= 0.6 is 0 Å². The smallest absolute Gasteiger partial charge is 0.255 e. The number of hydrogen-bond acceptors (Lipinski definition) is 3. The Balaban J connectivity index is 1.52. The summed E-state index contributed by atoms with van der Waals surface area (Å²) in [4.78, 5) is 29.5. The fourth-order valence-corrected chi connectivity index (χ4v) is 4.21. The molecule has 0 atom stereocenters. The third kappa shape index (κ3) is 3.61. The van der Waals surface area contributed by atoms with E-state index >= 15 is 0 Å². The van der Waals surface area contributed by atoms with Crippen LogP contribution in [0.3, 0.4) is 0 Å². The van der Waals surface area contributed by atoms with Crippen molar-refractivity contribution in [3.8, 4) is 0 Å². The Labute approximate surface area is 166 Å². The molecule has 1 saturated carbocycles. The predicted octanol–water partition coefficient (Wildman–Crippen LogP) is 4.08. The molecule has 28 heavy (non-hydrogen) atoms. The maximum atomic E-state index is 12.9. The van der Waals surface area contributed by atoms with E-state index in [0.717, 1.165) is 55.7 Å². The molecule has 2 amide bonds. The Morgan fingerprint density at radius 2 is 1.86 bits per heavy atom. The second kappa shape index (κ2) is 7.66. The van der Waals surface area contributed by atoms with Gasteiger partial charge in [-0.15, -0.1) is 0 Å². The summed E-state index contributed by atoms with van der Waals surface area (Å²) in [6.07, 6.45) is 5.19. The highest BCUT2D eigenvalue weighted by Crippen LogP contribution is 2.35. The Bertz CT molecular complexity index is 900. The lowest BCUT2D eigenvalue weighted by atomic mass is 10.1. The zero-order valence-corrected chi connectivity index (χ0v) is 16.6. The molecule has 146 valence electrons. The van der Waals surface area contributed by atoms with Crippen LogP contribution in [0.25, 0.3) is 0 Å². The molecule has 0 unspecified atom stereocenters. The van der Waals surface area contributed by atoms with Gasteiger partial charge < -0.3 is 15.1 Å². The third-order valence-corrected chi connectivity index (χ3v) is 5.83. The second-order valence-electron chi connectivity index (χ2n) is 7.96. The molecule has 0 radical (unpaired) electrons. The van der Waals surface area contributed by atoms with Gasteiger partial charge in [-0.3, -0.25) is 9.59 Å².